The fraction of sp³-hybridized carbons (Fsp3) is 0.231. The van der Waals surface area contributed by atoms with Crippen molar-refractivity contribution in [3.05, 3.63) is 103 Å². The molecule has 0 radical (unpaired) electrons. The van der Waals surface area contributed by atoms with Gasteiger partial charge < -0.3 is 9.47 Å². The highest BCUT2D eigenvalue weighted by Gasteiger charge is 2.22. The van der Waals surface area contributed by atoms with Crippen LogP contribution < -0.4 is 9.47 Å². The topological polar surface area (TPSA) is 18.5 Å². The van der Waals surface area contributed by atoms with Crippen LogP contribution in [-0.2, 0) is 11.8 Å². The minimum atomic E-state index is -2.82. The monoisotopic (exact) mass is 408 g/mol. The van der Waals surface area contributed by atoms with Crippen LogP contribution in [-0.4, -0.2) is 6.61 Å². The molecule has 0 bridgehead atoms. The number of allylic oxidation sites excluding steroid dienone is 1. The molecule has 0 saturated carbocycles. The molecule has 3 aromatic rings. The van der Waals surface area contributed by atoms with Crippen molar-refractivity contribution in [1.29, 1.82) is 0 Å². The maximum Gasteiger partial charge on any atom is 0.387 e. The summed E-state index contributed by atoms with van der Waals surface area (Å²) >= 11 is 0. The maximum absolute atomic E-state index is 12.4. The Hall–Kier alpha value is -3.14. The number of benzene rings is 3. The third-order valence-corrected chi connectivity index (χ3v) is 5.23. The van der Waals surface area contributed by atoms with Gasteiger partial charge in [0.25, 0.3) is 0 Å². The summed E-state index contributed by atoms with van der Waals surface area (Å²) in [5, 5.41) is 0. The fourth-order valence-corrected chi connectivity index (χ4v) is 3.43. The molecule has 0 fully saturated rings. The van der Waals surface area contributed by atoms with E-state index in [1.807, 2.05) is 60.7 Å². The predicted octanol–water partition coefficient (Wildman–Crippen LogP) is 7.55. The quantitative estimate of drug-likeness (QED) is 0.323. The smallest absolute Gasteiger partial charge is 0.387 e. The second-order valence-corrected chi connectivity index (χ2v) is 7.44. The molecule has 0 aromatic heterocycles. The van der Waals surface area contributed by atoms with Gasteiger partial charge in [-0.05, 0) is 66.8 Å². The highest BCUT2D eigenvalue weighted by Crippen LogP contribution is 2.32. The zero-order chi connectivity index (χ0) is 21.4. The van der Waals surface area contributed by atoms with Crippen molar-refractivity contribution in [2.24, 2.45) is 0 Å². The summed E-state index contributed by atoms with van der Waals surface area (Å²) in [7, 11) is 0. The van der Waals surface area contributed by atoms with Gasteiger partial charge in [0.1, 0.15) is 17.2 Å². The molecule has 0 aliphatic rings. The molecule has 1 atom stereocenters. The summed E-state index contributed by atoms with van der Waals surface area (Å²) < 4.78 is 35.1. The van der Waals surface area contributed by atoms with E-state index in [1.165, 1.54) is 5.56 Å². The Morgan fingerprint density at radius 3 is 2.27 bits per heavy atom. The molecule has 0 aliphatic carbocycles. The molecule has 4 heteroatoms. The lowest BCUT2D eigenvalue weighted by Gasteiger charge is -2.27. The van der Waals surface area contributed by atoms with E-state index in [2.05, 4.69) is 30.4 Å². The number of halogens is 2. The Bertz CT molecular complexity index is 939. The van der Waals surface area contributed by atoms with Crippen LogP contribution in [0.4, 0.5) is 8.78 Å². The van der Waals surface area contributed by atoms with E-state index in [-0.39, 0.29) is 11.2 Å². The molecule has 156 valence electrons. The summed E-state index contributed by atoms with van der Waals surface area (Å²) in [4.78, 5) is 0. The second kappa shape index (κ2) is 10.1. The van der Waals surface area contributed by atoms with Crippen molar-refractivity contribution in [2.45, 2.75) is 38.2 Å². The number of para-hydroxylation sites is 1. The predicted molar refractivity (Wildman–Crippen MR) is 117 cm³/mol. The van der Waals surface area contributed by atoms with Crippen LogP contribution in [0.25, 0.3) is 0 Å². The van der Waals surface area contributed by atoms with Crippen molar-refractivity contribution in [2.75, 3.05) is 0 Å². The second-order valence-electron chi connectivity index (χ2n) is 7.44. The summed E-state index contributed by atoms with van der Waals surface area (Å²) in [5.41, 5.74) is 1.98. The molecule has 0 heterocycles. The number of rotatable bonds is 10. The number of alkyl halides is 2. The van der Waals surface area contributed by atoms with Crippen LogP contribution in [0.3, 0.4) is 0 Å². The molecule has 0 saturated heterocycles. The van der Waals surface area contributed by atoms with Crippen molar-refractivity contribution in [3.8, 4) is 17.2 Å². The van der Waals surface area contributed by atoms with E-state index in [9.17, 15) is 8.78 Å². The van der Waals surface area contributed by atoms with Crippen LogP contribution >= 0.6 is 0 Å². The van der Waals surface area contributed by atoms with E-state index in [0.29, 0.717) is 0 Å². The molecular weight excluding hydrogens is 382 g/mol. The van der Waals surface area contributed by atoms with Crippen LogP contribution in [0, 0.1) is 0 Å². The van der Waals surface area contributed by atoms with Crippen molar-refractivity contribution < 1.29 is 18.3 Å². The Labute approximate surface area is 176 Å². The highest BCUT2D eigenvalue weighted by molar-refractivity contribution is 5.36. The number of hydrogen-bond acceptors (Lipinski definition) is 2. The molecule has 0 spiro atoms. The van der Waals surface area contributed by atoms with Gasteiger partial charge in [-0.3, -0.25) is 0 Å². The van der Waals surface area contributed by atoms with E-state index < -0.39 is 6.61 Å². The van der Waals surface area contributed by atoms with Crippen LogP contribution in [0.1, 0.15) is 30.9 Å². The highest BCUT2D eigenvalue weighted by atomic mass is 19.3. The third kappa shape index (κ3) is 5.93. The molecule has 1 unspecified atom stereocenters. The van der Waals surface area contributed by atoms with E-state index in [0.717, 1.165) is 36.3 Å². The standard InChI is InChI=1S/C26H26F2O2/c1-3-26(2,21-14-16-23(17-15-21)30-25(27)28)18-8-10-20-9-7-13-24(19-20)29-22-11-5-4-6-12-22/h3-7,9,11-17,19,25H,1,8,10,18H2,2H3. The average Bonchev–Trinajstić information content (AvgIpc) is 2.75. The van der Waals surface area contributed by atoms with Crippen molar-refractivity contribution in [3.63, 3.8) is 0 Å². The normalized spacial score (nSPS) is 12.9. The van der Waals surface area contributed by atoms with Gasteiger partial charge in [-0.25, -0.2) is 0 Å². The van der Waals surface area contributed by atoms with Crippen LogP contribution in [0.2, 0.25) is 0 Å². The maximum atomic E-state index is 12.4. The zero-order valence-corrected chi connectivity index (χ0v) is 17.1. The van der Waals surface area contributed by atoms with Crippen molar-refractivity contribution in [1.82, 2.24) is 0 Å². The summed E-state index contributed by atoms with van der Waals surface area (Å²) in [6.07, 6.45) is 4.66. The van der Waals surface area contributed by atoms with Crippen LogP contribution in [0.5, 0.6) is 17.2 Å². The zero-order valence-electron chi connectivity index (χ0n) is 17.1. The minimum absolute atomic E-state index is 0.162. The third-order valence-electron chi connectivity index (χ3n) is 5.23. The Morgan fingerprint density at radius 2 is 1.60 bits per heavy atom. The minimum Gasteiger partial charge on any atom is -0.457 e. The molecule has 0 aliphatic heterocycles. The van der Waals surface area contributed by atoms with E-state index in [4.69, 9.17) is 4.74 Å². The van der Waals surface area contributed by atoms with E-state index >= 15 is 0 Å². The van der Waals surface area contributed by atoms with Gasteiger partial charge in [-0.2, -0.15) is 8.78 Å². The lowest BCUT2D eigenvalue weighted by molar-refractivity contribution is -0.0498. The SMILES string of the molecule is C=CC(C)(CCCc1cccc(Oc2ccccc2)c1)c1ccc(OC(F)F)cc1. The van der Waals surface area contributed by atoms with Crippen molar-refractivity contribution >= 4 is 0 Å². The first-order valence-corrected chi connectivity index (χ1v) is 9.99. The first kappa shape index (κ1) is 21.6. The first-order chi connectivity index (χ1) is 14.5. The number of aryl methyl sites for hydroxylation is 1. The molecule has 0 N–H and O–H groups in total. The molecule has 30 heavy (non-hydrogen) atoms. The summed E-state index contributed by atoms with van der Waals surface area (Å²) in [5.74, 6) is 1.79. The van der Waals surface area contributed by atoms with Gasteiger partial charge in [-0.15, -0.1) is 6.58 Å². The Morgan fingerprint density at radius 1 is 0.900 bits per heavy atom. The van der Waals surface area contributed by atoms with Crippen LogP contribution in [0.15, 0.2) is 91.5 Å². The van der Waals surface area contributed by atoms with Gasteiger partial charge in [0.2, 0.25) is 0 Å². The average molecular weight is 408 g/mol. The molecule has 3 aromatic carbocycles. The Kier molecular flexibility index (Phi) is 7.23. The van der Waals surface area contributed by atoms with Gasteiger partial charge in [0.05, 0.1) is 0 Å². The van der Waals surface area contributed by atoms with Gasteiger partial charge in [0.15, 0.2) is 0 Å². The molecule has 0 amide bonds. The first-order valence-electron chi connectivity index (χ1n) is 9.99. The fourth-order valence-electron chi connectivity index (χ4n) is 3.43. The number of hydrogen-bond donors (Lipinski definition) is 0. The molecular formula is C26H26F2O2. The summed E-state index contributed by atoms with van der Waals surface area (Å²) in [6, 6.07) is 24.6. The largest absolute Gasteiger partial charge is 0.457 e. The summed E-state index contributed by atoms with van der Waals surface area (Å²) in [6.45, 7) is 3.29. The van der Waals surface area contributed by atoms with Gasteiger partial charge in [0, 0.05) is 5.41 Å². The lowest BCUT2D eigenvalue weighted by Crippen LogP contribution is -2.19. The lowest BCUT2D eigenvalue weighted by atomic mass is 9.78. The molecule has 3 rings (SSSR count). The number of ether oxygens (including phenoxy) is 2. The van der Waals surface area contributed by atoms with Gasteiger partial charge in [-0.1, -0.05) is 55.5 Å². The van der Waals surface area contributed by atoms with E-state index in [1.54, 1.807) is 12.1 Å². The van der Waals surface area contributed by atoms with Gasteiger partial charge >= 0.3 is 6.61 Å². The molecule has 2 nitrogen and oxygen atoms in total. The Balaban J connectivity index is 1.60.